The van der Waals surface area contributed by atoms with Crippen molar-refractivity contribution in [2.75, 3.05) is 0 Å². The minimum absolute atomic E-state index is 0.0473. The molecule has 0 fully saturated rings. The van der Waals surface area contributed by atoms with Gasteiger partial charge in [-0.1, -0.05) is 12.0 Å². The topological polar surface area (TPSA) is 60.7 Å². The average Bonchev–Trinajstić information content (AvgIpc) is 2.61. The van der Waals surface area contributed by atoms with Crippen molar-refractivity contribution in [3.8, 4) is 11.8 Å². The molecule has 23 heavy (non-hydrogen) atoms. The third-order valence-electron chi connectivity index (χ3n) is 3.91. The lowest BCUT2D eigenvalue weighted by Crippen LogP contribution is -2.28. The molecule has 0 aliphatic carbocycles. The Labute approximate surface area is 133 Å². The van der Waals surface area contributed by atoms with Crippen LogP contribution in [0.2, 0.25) is 0 Å². The summed E-state index contributed by atoms with van der Waals surface area (Å²) >= 11 is 0. The van der Waals surface area contributed by atoms with E-state index < -0.39 is 0 Å². The lowest BCUT2D eigenvalue weighted by Gasteiger charge is -2.17. The highest BCUT2D eigenvalue weighted by molar-refractivity contribution is 5.74. The molecule has 5 nitrogen and oxygen atoms in total. The standard InChI is InChI=1S/C18H14N4O/c23-18-17-15(21-16-6-2-4-10-22(16)18)11-13(12-20-17)7-8-14-5-1-3-9-19-14/h1,3,5,9,11-12H,2,4,6,10H2. The molecule has 0 aromatic carbocycles. The van der Waals surface area contributed by atoms with E-state index in [1.54, 1.807) is 17.0 Å². The molecule has 4 heterocycles. The highest BCUT2D eigenvalue weighted by Crippen LogP contribution is 2.14. The number of hydrogen-bond acceptors (Lipinski definition) is 4. The normalized spacial score (nSPS) is 13.2. The maximum atomic E-state index is 12.5. The molecular formula is C18H14N4O. The first-order chi connectivity index (χ1) is 11.3. The van der Waals surface area contributed by atoms with Gasteiger partial charge in [-0.25, -0.2) is 15.0 Å². The highest BCUT2D eigenvalue weighted by Gasteiger charge is 2.15. The fraction of sp³-hybridized carbons (Fsp3) is 0.222. The molecule has 1 aliphatic heterocycles. The van der Waals surface area contributed by atoms with Gasteiger partial charge >= 0.3 is 0 Å². The Morgan fingerprint density at radius 3 is 2.96 bits per heavy atom. The van der Waals surface area contributed by atoms with Crippen LogP contribution in [-0.4, -0.2) is 19.5 Å². The Bertz CT molecular complexity index is 996. The number of hydrogen-bond donors (Lipinski definition) is 0. The molecule has 0 amide bonds. The maximum absolute atomic E-state index is 12.5. The molecule has 0 unspecified atom stereocenters. The van der Waals surface area contributed by atoms with Gasteiger partial charge in [0.2, 0.25) is 0 Å². The summed E-state index contributed by atoms with van der Waals surface area (Å²) in [4.78, 5) is 25.5. The van der Waals surface area contributed by atoms with Crippen LogP contribution in [0, 0.1) is 11.8 Å². The fourth-order valence-corrected chi connectivity index (χ4v) is 2.76. The van der Waals surface area contributed by atoms with Gasteiger partial charge in [0.05, 0.1) is 5.52 Å². The van der Waals surface area contributed by atoms with Crippen molar-refractivity contribution in [2.24, 2.45) is 0 Å². The Balaban J connectivity index is 1.80. The summed E-state index contributed by atoms with van der Waals surface area (Å²) in [5, 5.41) is 0. The van der Waals surface area contributed by atoms with Crippen LogP contribution >= 0.6 is 0 Å². The van der Waals surface area contributed by atoms with Gasteiger partial charge in [0, 0.05) is 30.9 Å². The van der Waals surface area contributed by atoms with Crippen molar-refractivity contribution in [1.29, 1.82) is 0 Å². The summed E-state index contributed by atoms with van der Waals surface area (Å²) in [5.74, 6) is 6.87. The number of pyridine rings is 2. The molecule has 0 radical (unpaired) electrons. The molecule has 1 aliphatic rings. The summed E-state index contributed by atoms with van der Waals surface area (Å²) < 4.78 is 1.75. The largest absolute Gasteiger partial charge is 0.295 e. The molecule has 0 N–H and O–H groups in total. The van der Waals surface area contributed by atoms with Crippen LogP contribution in [0.5, 0.6) is 0 Å². The van der Waals surface area contributed by atoms with E-state index >= 15 is 0 Å². The second-order valence-corrected chi connectivity index (χ2v) is 5.50. The molecule has 0 saturated carbocycles. The summed E-state index contributed by atoms with van der Waals surface area (Å²) in [7, 11) is 0. The van der Waals surface area contributed by atoms with Crippen molar-refractivity contribution >= 4 is 11.0 Å². The zero-order valence-electron chi connectivity index (χ0n) is 12.5. The average molecular weight is 302 g/mol. The van der Waals surface area contributed by atoms with Crippen molar-refractivity contribution in [3.05, 3.63) is 64.1 Å². The molecule has 3 aromatic heterocycles. The third kappa shape index (κ3) is 2.59. The molecule has 0 atom stereocenters. The van der Waals surface area contributed by atoms with Crippen LogP contribution < -0.4 is 5.56 Å². The molecule has 0 spiro atoms. The second-order valence-electron chi connectivity index (χ2n) is 5.50. The van der Waals surface area contributed by atoms with E-state index in [-0.39, 0.29) is 5.56 Å². The van der Waals surface area contributed by atoms with Gasteiger partial charge in [-0.3, -0.25) is 9.36 Å². The molecule has 112 valence electrons. The van der Waals surface area contributed by atoms with Crippen LogP contribution in [0.15, 0.2) is 41.5 Å². The van der Waals surface area contributed by atoms with E-state index in [1.165, 1.54) is 0 Å². The van der Waals surface area contributed by atoms with E-state index in [2.05, 4.69) is 26.8 Å². The fourth-order valence-electron chi connectivity index (χ4n) is 2.76. The van der Waals surface area contributed by atoms with E-state index in [4.69, 9.17) is 0 Å². The van der Waals surface area contributed by atoms with Gasteiger partial charge in [-0.05, 0) is 37.0 Å². The van der Waals surface area contributed by atoms with E-state index in [0.717, 1.165) is 37.2 Å². The van der Waals surface area contributed by atoms with E-state index in [1.807, 2.05) is 24.3 Å². The number of nitrogens with zero attached hydrogens (tertiary/aromatic N) is 4. The molecule has 5 heteroatoms. The Morgan fingerprint density at radius 1 is 1.13 bits per heavy atom. The SMILES string of the molecule is O=c1c2ncc(C#Cc3ccccn3)cc2nc2n1CCCC2. The maximum Gasteiger partial charge on any atom is 0.280 e. The van der Waals surface area contributed by atoms with Crippen LogP contribution in [0.25, 0.3) is 11.0 Å². The summed E-state index contributed by atoms with van der Waals surface area (Å²) in [6.07, 6.45) is 6.27. The quantitative estimate of drug-likeness (QED) is 0.595. The van der Waals surface area contributed by atoms with Crippen LogP contribution in [-0.2, 0) is 13.0 Å². The van der Waals surface area contributed by atoms with Gasteiger partial charge < -0.3 is 0 Å². The molecule has 0 bridgehead atoms. The summed E-state index contributed by atoms with van der Waals surface area (Å²) in [5.41, 5.74) is 2.42. The Morgan fingerprint density at radius 2 is 2.09 bits per heavy atom. The zero-order valence-corrected chi connectivity index (χ0v) is 12.5. The van der Waals surface area contributed by atoms with Crippen molar-refractivity contribution in [1.82, 2.24) is 19.5 Å². The number of aromatic nitrogens is 4. The molecule has 3 aromatic rings. The van der Waals surface area contributed by atoms with Gasteiger partial charge in [0.25, 0.3) is 5.56 Å². The van der Waals surface area contributed by atoms with Crippen molar-refractivity contribution in [2.45, 2.75) is 25.8 Å². The lowest BCUT2D eigenvalue weighted by molar-refractivity contribution is 0.500. The van der Waals surface area contributed by atoms with Gasteiger partial charge in [0.1, 0.15) is 11.5 Å². The second kappa shape index (κ2) is 5.65. The monoisotopic (exact) mass is 302 g/mol. The smallest absolute Gasteiger partial charge is 0.280 e. The predicted octanol–water partition coefficient (Wildman–Crippen LogP) is 1.92. The van der Waals surface area contributed by atoms with Crippen molar-refractivity contribution in [3.63, 3.8) is 0 Å². The molecular weight excluding hydrogens is 288 g/mol. The minimum Gasteiger partial charge on any atom is -0.295 e. The Kier molecular flexibility index (Phi) is 3.35. The summed E-state index contributed by atoms with van der Waals surface area (Å²) in [6.45, 7) is 0.736. The highest BCUT2D eigenvalue weighted by atomic mass is 16.1. The Hall–Kier alpha value is -3.00. The zero-order chi connectivity index (χ0) is 15.6. The van der Waals surface area contributed by atoms with Gasteiger partial charge in [-0.2, -0.15) is 0 Å². The molecule has 0 saturated heterocycles. The first-order valence-electron chi connectivity index (χ1n) is 7.64. The van der Waals surface area contributed by atoms with E-state index in [9.17, 15) is 4.79 Å². The van der Waals surface area contributed by atoms with Crippen LogP contribution in [0.1, 0.15) is 29.9 Å². The van der Waals surface area contributed by atoms with Crippen LogP contribution in [0.4, 0.5) is 0 Å². The first kappa shape index (κ1) is 13.6. The van der Waals surface area contributed by atoms with Crippen molar-refractivity contribution < 1.29 is 0 Å². The predicted molar refractivity (Wildman–Crippen MR) is 87.0 cm³/mol. The van der Waals surface area contributed by atoms with Gasteiger partial charge in [-0.15, -0.1) is 0 Å². The summed E-state index contributed by atoms with van der Waals surface area (Å²) in [6, 6.07) is 7.42. The molecule has 4 rings (SSSR count). The minimum atomic E-state index is -0.0473. The third-order valence-corrected chi connectivity index (χ3v) is 3.91. The van der Waals surface area contributed by atoms with E-state index in [0.29, 0.717) is 16.7 Å². The lowest BCUT2D eigenvalue weighted by atomic mass is 10.1. The number of aryl methyl sites for hydroxylation is 1. The van der Waals surface area contributed by atoms with Gasteiger partial charge in [0.15, 0.2) is 5.52 Å². The number of rotatable bonds is 0. The first-order valence-corrected chi connectivity index (χ1v) is 7.64. The van der Waals surface area contributed by atoms with Crippen LogP contribution in [0.3, 0.4) is 0 Å². The number of fused-ring (bicyclic) bond motifs is 2.